The molecule has 1 heterocycles. The third-order valence-electron chi connectivity index (χ3n) is 2.64. The summed E-state index contributed by atoms with van der Waals surface area (Å²) in [7, 11) is 0. The summed E-state index contributed by atoms with van der Waals surface area (Å²) in [6.07, 6.45) is 0.827. The number of amides is 2. The molecule has 5 heteroatoms. The summed E-state index contributed by atoms with van der Waals surface area (Å²) in [5, 5.41) is 9.79. The number of nitrogens with two attached hydrogens (primary N) is 1. The number of rotatable bonds is 4. The maximum atomic E-state index is 11.8. The van der Waals surface area contributed by atoms with Gasteiger partial charge in [0.2, 0.25) is 0 Å². The summed E-state index contributed by atoms with van der Waals surface area (Å²) in [5.74, 6) is 0. The van der Waals surface area contributed by atoms with Crippen LogP contribution in [0.5, 0.6) is 0 Å². The third kappa shape index (κ3) is 4.30. The van der Waals surface area contributed by atoms with Gasteiger partial charge in [-0.2, -0.15) is 11.3 Å². The van der Waals surface area contributed by atoms with Crippen molar-refractivity contribution in [1.82, 2.24) is 5.32 Å². The molecule has 19 heavy (non-hydrogen) atoms. The molecule has 0 aliphatic heterocycles. The molecule has 0 fully saturated rings. The minimum absolute atomic E-state index is 0.0793. The molecule has 0 aliphatic carbocycles. The number of carbonyl (C=O) groups excluding carboxylic acids is 1. The average Bonchev–Trinajstić information content (AvgIpc) is 2.81. The molecule has 0 radical (unpaired) electrons. The number of urea groups is 1. The van der Waals surface area contributed by atoms with Crippen LogP contribution >= 0.6 is 11.3 Å². The van der Waals surface area contributed by atoms with Crippen LogP contribution in [0.15, 0.2) is 41.1 Å². The van der Waals surface area contributed by atoms with E-state index in [9.17, 15) is 4.79 Å². The Morgan fingerprint density at radius 2 is 2.26 bits per heavy atom. The largest absolute Gasteiger partial charge is 0.399 e. The molecule has 1 unspecified atom stereocenters. The molecule has 1 aromatic heterocycles. The van der Waals surface area contributed by atoms with Gasteiger partial charge in [-0.05, 0) is 53.9 Å². The zero-order chi connectivity index (χ0) is 13.7. The van der Waals surface area contributed by atoms with Crippen LogP contribution in [0.4, 0.5) is 16.2 Å². The number of hydrogen-bond acceptors (Lipinski definition) is 3. The average molecular weight is 275 g/mol. The Hall–Kier alpha value is -2.01. The predicted octanol–water partition coefficient (Wildman–Crippen LogP) is 3.08. The van der Waals surface area contributed by atoms with Gasteiger partial charge in [0.25, 0.3) is 0 Å². The van der Waals surface area contributed by atoms with Crippen molar-refractivity contribution in [2.45, 2.75) is 19.4 Å². The second-order valence-corrected chi connectivity index (χ2v) is 5.24. The quantitative estimate of drug-likeness (QED) is 0.751. The summed E-state index contributed by atoms with van der Waals surface area (Å²) in [5.41, 5.74) is 8.22. The first kappa shape index (κ1) is 13.4. The number of nitrogens with one attached hydrogen (secondary N) is 2. The predicted molar refractivity (Wildman–Crippen MR) is 80.5 cm³/mol. The van der Waals surface area contributed by atoms with E-state index in [-0.39, 0.29) is 12.1 Å². The molecule has 4 N–H and O–H groups in total. The maximum Gasteiger partial charge on any atom is 0.319 e. The molecule has 2 aromatic rings. The van der Waals surface area contributed by atoms with Crippen LogP contribution in [0.1, 0.15) is 12.5 Å². The number of benzene rings is 1. The van der Waals surface area contributed by atoms with Gasteiger partial charge < -0.3 is 16.4 Å². The lowest BCUT2D eigenvalue weighted by atomic mass is 10.1. The second-order valence-electron chi connectivity index (χ2n) is 4.46. The van der Waals surface area contributed by atoms with Crippen LogP contribution in [0.25, 0.3) is 0 Å². The lowest BCUT2D eigenvalue weighted by Gasteiger charge is -2.14. The van der Waals surface area contributed by atoms with Crippen LogP contribution < -0.4 is 16.4 Å². The highest BCUT2D eigenvalue weighted by Gasteiger charge is 2.08. The molecule has 1 atom stereocenters. The maximum absolute atomic E-state index is 11.8. The molecule has 4 nitrogen and oxygen atoms in total. The van der Waals surface area contributed by atoms with Crippen molar-refractivity contribution >= 4 is 28.7 Å². The first-order chi connectivity index (χ1) is 9.13. The lowest BCUT2D eigenvalue weighted by molar-refractivity contribution is 0.249. The Bertz CT molecular complexity index is 539. The van der Waals surface area contributed by atoms with E-state index in [4.69, 9.17) is 5.73 Å². The Morgan fingerprint density at radius 1 is 1.42 bits per heavy atom. The van der Waals surface area contributed by atoms with Gasteiger partial charge in [-0.15, -0.1) is 0 Å². The minimum Gasteiger partial charge on any atom is -0.399 e. The molecule has 0 aliphatic rings. The van der Waals surface area contributed by atoms with Crippen LogP contribution in [-0.4, -0.2) is 12.1 Å². The van der Waals surface area contributed by atoms with E-state index in [0.29, 0.717) is 11.4 Å². The first-order valence-electron chi connectivity index (χ1n) is 6.07. The van der Waals surface area contributed by atoms with E-state index >= 15 is 0 Å². The summed E-state index contributed by atoms with van der Waals surface area (Å²) < 4.78 is 0. The summed E-state index contributed by atoms with van der Waals surface area (Å²) in [6, 6.07) is 9.05. The van der Waals surface area contributed by atoms with Crippen molar-refractivity contribution in [1.29, 1.82) is 0 Å². The van der Waals surface area contributed by atoms with Crippen molar-refractivity contribution < 1.29 is 4.79 Å². The highest BCUT2D eigenvalue weighted by Crippen LogP contribution is 2.12. The molecule has 0 saturated heterocycles. The Morgan fingerprint density at radius 3 is 2.95 bits per heavy atom. The Balaban J connectivity index is 1.84. The van der Waals surface area contributed by atoms with Gasteiger partial charge >= 0.3 is 6.03 Å². The van der Waals surface area contributed by atoms with Crippen molar-refractivity contribution in [3.8, 4) is 0 Å². The van der Waals surface area contributed by atoms with E-state index < -0.39 is 0 Å². The fourth-order valence-corrected chi connectivity index (χ4v) is 2.50. The fourth-order valence-electron chi connectivity index (χ4n) is 1.82. The summed E-state index contributed by atoms with van der Waals surface area (Å²) >= 11 is 1.66. The van der Waals surface area contributed by atoms with Gasteiger partial charge in [0.15, 0.2) is 0 Å². The summed E-state index contributed by atoms with van der Waals surface area (Å²) in [4.78, 5) is 11.8. The van der Waals surface area contributed by atoms with Gasteiger partial charge in [0.05, 0.1) is 0 Å². The first-order valence-corrected chi connectivity index (χ1v) is 7.02. The van der Waals surface area contributed by atoms with Crippen LogP contribution in [-0.2, 0) is 6.42 Å². The Labute approximate surface area is 116 Å². The molecule has 0 saturated carbocycles. The summed E-state index contributed by atoms with van der Waals surface area (Å²) in [6.45, 7) is 1.98. The minimum atomic E-state index is -0.215. The molecular formula is C14H17N3OS. The molecule has 100 valence electrons. The van der Waals surface area contributed by atoms with Crippen LogP contribution in [0.2, 0.25) is 0 Å². The third-order valence-corrected chi connectivity index (χ3v) is 3.38. The van der Waals surface area contributed by atoms with Gasteiger partial charge in [-0.3, -0.25) is 0 Å². The lowest BCUT2D eigenvalue weighted by Crippen LogP contribution is -2.37. The SMILES string of the molecule is CC(Cc1ccsc1)NC(=O)Nc1cccc(N)c1. The van der Waals surface area contributed by atoms with E-state index in [1.54, 1.807) is 35.6 Å². The highest BCUT2D eigenvalue weighted by atomic mass is 32.1. The number of hydrogen-bond donors (Lipinski definition) is 3. The second kappa shape index (κ2) is 6.24. The van der Waals surface area contributed by atoms with Crippen molar-refractivity contribution in [3.05, 3.63) is 46.7 Å². The number of anilines is 2. The van der Waals surface area contributed by atoms with E-state index in [0.717, 1.165) is 6.42 Å². The van der Waals surface area contributed by atoms with Gasteiger partial charge in [0, 0.05) is 17.4 Å². The monoisotopic (exact) mass is 275 g/mol. The zero-order valence-corrected chi connectivity index (χ0v) is 11.5. The van der Waals surface area contributed by atoms with Gasteiger partial charge in [-0.25, -0.2) is 4.79 Å². The van der Waals surface area contributed by atoms with Crippen LogP contribution in [0, 0.1) is 0 Å². The molecule has 0 spiro atoms. The van der Waals surface area contributed by atoms with E-state index in [1.165, 1.54) is 5.56 Å². The number of thiophene rings is 1. The van der Waals surface area contributed by atoms with E-state index in [1.807, 2.05) is 12.3 Å². The molecule has 0 bridgehead atoms. The standard InChI is InChI=1S/C14H17N3OS/c1-10(7-11-5-6-19-9-11)16-14(18)17-13-4-2-3-12(15)8-13/h2-6,8-10H,7,15H2,1H3,(H2,16,17,18). The van der Waals surface area contributed by atoms with Gasteiger partial charge in [0.1, 0.15) is 0 Å². The molecular weight excluding hydrogens is 258 g/mol. The molecule has 2 rings (SSSR count). The topological polar surface area (TPSA) is 67.2 Å². The van der Waals surface area contributed by atoms with Crippen molar-refractivity contribution in [2.75, 3.05) is 11.1 Å². The van der Waals surface area contributed by atoms with Crippen molar-refractivity contribution in [3.63, 3.8) is 0 Å². The number of nitrogen functional groups attached to an aromatic ring is 1. The van der Waals surface area contributed by atoms with E-state index in [2.05, 4.69) is 22.1 Å². The molecule has 1 aromatic carbocycles. The van der Waals surface area contributed by atoms with Gasteiger partial charge in [-0.1, -0.05) is 6.07 Å². The van der Waals surface area contributed by atoms with Crippen LogP contribution in [0.3, 0.4) is 0 Å². The number of carbonyl (C=O) groups is 1. The smallest absolute Gasteiger partial charge is 0.319 e. The molecule has 2 amide bonds. The Kier molecular flexibility index (Phi) is 4.41. The highest BCUT2D eigenvalue weighted by molar-refractivity contribution is 7.07. The van der Waals surface area contributed by atoms with Crippen molar-refractivity contribution in [2.24, 2.45) is 0 Å². The zero-order valence-electron chi connectivity index (χ0n) is 10.7. The normalized spacial score (nSPS) is 11.8. The fraction of sp³-hybridized carbons (Fsp3) is 0.214.